The minimum atomic E-state index is -1.80. The first-order valence-corrected chi connectivity index (χ1v) is 10.7. The summed E-state index contributed by atoms with van der Waals surface area (Å²) in [6.45, 7) is 4.14. The Morgan fingerprint density at radius 3 is 2.76 bits per heavy atom. The molecule has 1 atom stereocenters. The van der Waals surface area contributed by atoms with E-state index in [-0.39, 0.29) is 18.6 Å². The van der Waals surface area contributed by atoms with E-state index < -0.39 is 11.6 Å². The number of benzene rings is 1. The van der Waals surface area contributed by atoms with Crippen molar-refractivity contribution in [3.8, 4) is 11.4 Å². The summed E-state index contributed by atoms with van der Waals surface area (Å²) in [5.41, 5.74) is 3.18. The fourth-order valence-corrected chi connectivity index (χ4v) is 5.03. The molecule has 0 fully saturated rings. The predicted octanol–water partition coefficient (Wildman–Crippen LogP) is 3.25. The van der Waals surface area contributed by atoms with Gasteiger partial charge in [0.25, 0.3) is 5.56 Å². The van der Waals surface area contributed by atoms with E-state index in [1.54, 1.807) is 17.6 Å². The van der Waals surface area contributed by atoms with Crippen LogP contribution >= 0.6 is 22.6 Å². The largest absolute Gasteiger partial charge is 0.458 e. The van der Waals surface area contributed by atoms with Crippen molar-refractivity contribution in [1.29, 1.82) is 0 Å². The zero-order valence-electron chi connectivity index (χ0n) is 16.1. The van der Waals surface area contributed by atoms with Crippen LogP contribution in [0.3, 0.4) is 0 Å². The third kappa shape index (κ3) is 2.46. The number of ether oxygens (including phenoxy) is 1. The second kappa shape index (κ2) is 6.37. The van der Waals surface area contributed by atoms with E-state index in [4.69, 9.17) is 9.72 Å². The van der Waals surface area contributed by atoms with E-state index in [2.05, 4.69) is 35.6 Å². The van der Waals surface area contributed by atoms with Crippen LogP contribution in [0.15, 0.2) is 29.1 Å². The minimum Gasteiger partial charge on any atom is -0.458 e. The number of aromatic nitrogens is 2. The molecule has 0 aliphatic carbocycles. The van der Waals surface area contributed by atoms with Crippen molar-refractivity contribution in [2.24, 2.45) is 0 Å². The number of aryl methyl sites for hydroxylation is 1. The fraction of sp³-hybridized carbons (Fsp3) is 0.318. The molecule has 6 nitrogen and oxygen atoms in total. The molecule has 0 saturated heterocycles. The van der Waals surface area contributed by atoms with Gasteiger partial charge in [0, 0.05) is 20.1 Å². The van der Waals surface area contributed by atoms with Crippen molar-refractivity contribution in [2.45, 2.75) is 45.4 Å². The molecule has 2 aliphatic heterocycles. The molecule has 3 aromatic rings. The van der Waals surface area contributed by atoms with Gasteiger partial charge in [0.15, 0.2) is 5.60 Å². The third-order valence-corrected chi connectivity index (χ3v) is 6.79. The molecule has 1 N–H and O–H groups in total. The first-order valence-electron chi connectivity index (χ1n) is 9.67. The Hall–Kier alpha value is -2.26. The second-order valence-electron chi connectivity index (χ2n) is 7.54. The maximum Gasteiger partial charge on any atom is 0.343 e. The summed E-state index contributed by atoms with van der Waals surface area (Å²) < 4.78 is 7.96. The number of halogens is 1. The Kier molecular flexibility index (Phi) is 4.12. The number of fused-ring (bicyclic) bond motifs is 5. The monoisotopic (exact) mass is 502 g/mol. The van der Waals surface area contributed by atoms with Crippen molar-refractivity contribution >= 4 is 39.5 Å². The molecular weight excluding hydrogens is 483 g/mol. The number of cyclic esters (lactones) is 1. The van der Waals surface area contributed by atoms with E-state index in [0.29, 0.717) is 23.4 Å². The molecular formula is C22H19IN2O4. The predicted molar refractivity (Wildman–Crippen MR) is 117 cm³/mol. The van der Waals surface area contributed by atoms with Gasteiger partial charge in [-0.25, -0.2) is 9.78 Å². The van der Waals surface area contributed by atoms with Crippen LogP contribution in [0.25, 0.3) is 22.3 Å². The number of carbonyl (C=O) groups is 1. The van der Waals surface area contributed by atoms with E-state index in [9.17, 15) is 14.7 Å². The number of esters is 1. The lowest BCUT2D eigenvalue weighted by atomic mass is 9.86. The van der Waals surface area contributed by atoms with Gasteiger partial charge in [-0.1, -0.05) is 13.8 Å². The highest BCUT2D eigenvalue weighted by molar-refractivity contribution is 14.1. The van der Waals surface area contributed by atoms with Gasteiger partial charge >= 0.3 is 5.97 Å². The Morgan fingerprint density at radius 1 is 1.24 bits per heavy atom. The second-order valence-corrected chi connectivity index (χ2v) is 8.78. The zero-order valence-corrected chi connectivity index (χ0v) is 18.2. The summed E-state index contributed by atoms with van der Waals surface area (Å²) in [5, 5.41) is 12.1. The average molecular weight is 502 g/mol. The van der Waals surface area contributed by atoms with Crippen LogP contribution in [0.1, 0.15) is 42.5 Å². The SMILES string of the molecule is CCc1c2c(nc3ccc(I)cc13)-c1cc3c(c(=O)n1C2)COC(=O)[C@]3(O)CC. The molecule has 0 bridgehead atoms. The zero-order chi connectivity index (χ0) is 20.5. The van der Waals surface area contributed by atoms with Crippen LogP contribution in [-0.4, -0.2) is 20.6 Å². The third-order valence-electron chi connectivity index (χ3n) is 6.12. The maximum absolute atomic E-state index is 13.3. The van der Waals surface area contributed by atoms with Crippen molar-refractivity contribution in [2.75, 3.05) is 0 Å². The highest BCUT2D eigenvalue weighted by Gasteiger charge is 2.45. The van der Waals surface area contributed by atoms with Crippen molar-refractivity contribution in [1.82, 2.24) is 9.55 Å². The molecule has 0 amide bonds. The number of hydrogen-bond donors (Lipinski definition) is 1. The number of aliphatic hydroxyl groups is 1. The number of hydrogen-bond acceptors (Lipinski definition) is 5. The van der Waals surface area contributed by atoms with Gasteiger partial charge in [0.2, 0.25) is 0 Å². The lowest BCUT2D eigenvalue weighted by Crippen LogP contribution is -2.44. The van der Waals surface area contributed by atoms with Crippen LogP contribution < -0.4 is 5.56 Å². The molecule has 2 aromatic heterocycles. The van der Waals surface area contributed by atoms with Crippen molar-refractivity contribution < 1.29 is 14.6 Å². The molecule has 7 heteroatoms. The smallest absolute Gasteiger partial charge is 0.343 e. The first kappa shape index (κ1) is 18.7. The van der Waals surface area contributed by atoms with Crippen molar-refractivity contribution in [3.63, 3.8) is 0 Å². The summed E-state index contributed by atoms with van der Waals surface area (Å²) >= 11 is 2.29. The van der Waals surface area contributed by atoms with Crippen LogP contribution in [0.5, 0.6) is 0 Å². The standard InChI is InChI=1S/C22H19IN2O4/c1-3-12-13-7-11(23)5-6-17(13)24-19-14(12)9-25-18(19)8-16-15(20(25)26)10-29-21(27)22(16,28)4-2/h5-8,28H,3-4,9-10H2,1-2H3/t22-/m0/s1. The van der Waals surface area contributed by atoms with Crippen LogP contribution in [0.2, 0.25) is 0 Å². The van der Waals surface area contributed by atoms with Gasteiger partial charge in [0.1, 0.15) is 6.61 Å². The summed E-state index contributed by atoms with van der Waals surface area (Å²) in [4.78, 5) is 30.4. The minimum absolute atomic E-state index is 0.111. The van der Waals surface area contributed by atoms with Crippen LogP contribution in [0, 0.1) is 3.57 Å². The highest BCUT2D eigenvalue weighted by Crippen LogP contribution is 2.40. The average Bonchev–Trinajstić information content (AvgIpc) is 3.08. The highest BCUT2D eigenvalue weighted by atomic mass is 127. The number of carbonyl (C=O) groups excluding carboxylic acids is 1. The number of rotatable bonds is 2. The molecule has 0 spiro atoms. The number of nitrogens with zero attached hydrogens (tertiary/aromatic N) is 2. The van der Waals surface area contributed by atoms with Gasteiger partial charge in [-0.05, 0) is 65.3 Å². The summed E-state index contributed by atoms with van der Waals surface area (Å²) in [7, 11) is 0. The van der Waals surface area contributed by atoms with Gasteiger partial charge in [-0.2, -0.15) is 0 Å². The lowest BCUT2D eigenvalue weighted by molar-refractivity contribution is -0.172. The molecule has 4 heterocycles. The molecule has 0 saturated carbocycles. The van der Waals surface area contributed by atoms with Gasteiger partial charge < -0.3 is 14.4 Å². The van der Waals surface area contributed by atoms with Crippen LogP contribution in [0.4, 0.5) is 0 Å². The summed E-state index contributed by atoms with van der Waals surface area (Å²) in [5.74, 6) is -0.703. The van der Waals surface area contributed by atoms with Crippen molar-refractivity contribution in [3.05, 3.63) is 60.4 Å². The molecule has 2 aliphatic rings. The Balaban J connectivity index is 1.84. The fourth-order valence-electron chi connectivity index (χ4n) is 4.54. The quantitative estimate of drug-likeness (QED) is 0.336. The topological polar surface area (TPSA) is 81.4 Å². The van der Waals surface area contributed by atoms with E-state index >= 15 is 0 Å². The van der Waals surface area contributed by atoms with E-state index in [1.165, 1.54) is 5.56 Å². The molecule has 148 valence electrons. The molecule has 5 rings (SSSR count). The van der Waals surface area contributed by atoms with Gasteiger partial charge in [-0.3, -0.25) is 4.79 Å². The number of pyridine rings is 2. The van der Waals surface area contributed by atoms with E-state index in [1.807, 2.05) is 12.1 Å². The van der Waals surface area contributed by atoms with Crippen LogP contribution in [-0.2, 0) is 34.7 Å². The van der Waals surface area contributed by atoms with E-state index in [0.717, 1.165) is 32.2 Å². The summed E-state index contributed by atoms with van der Waals surface area (Å²) in [6.07, 6.45) is 0.961. The van der Waals surface area contributed by atoms with Gasteiger partial charge in [-0.15, -0.1) is 0 Å². The Morgan fingerprint density at radius 2 is 2.03 bits per heavy atom. The Labute approximate surface area is 180 Å². The molecule has 0 unspecified atom stereocenters. The maximum atomic E-state index is 13.3. The Bertz CT molecular complexity index is 1280. The van der Waals surface area contributed by atoms with Gasteiger partial charge in [0.05, 0.1) is 29.0 Å². The lowest BCUT2D eigenvalue weighted by Gasteiger charge is -2.31. The first-order chi connectivity index (χ1) is 13.9. The molecule has 29 heavy (non-hydrogen) atoms. The molecule has 0 radical (unpaired) electrons. The summed E-state index contributed by atoms with van der Waals surface area (Å²) in [6, 6.07) is 7.90. The molecule has 1 aromatic carbocycles. The normalized spacial score (nSPS) is 19.7.